The van der Waals surface area contributed by atoms with Crippen molar-refractivity contribution in [3.8, 4) is 0 Å². The van der Waals surface area contributed by atoms with Crippen LogP contribution >= 0.6 is 0 Å². The second-order valence-electron chi connectivity index (χ2n) is 2.16. The van der Waals surface area contributed by atoms with Gasteiger partial charge in [0.25, 0.3) is 28.2 Å². The van der Waals surface area contributed by atoms with Gasteiger partial charge >= 0.3 is 0 Å². The number of nitrogens with one attached hydrogen (secondary N) is 1. The molecule has 0 aromatic carbocycles. The molecule has 0 fully saturated rings. The van der Waals surface area contributed by atoms with Crippen molar-refractivity contribution in [1.29, 1.82) is 0 Å². The number of carbonyl (C=O) groups is 1. The van der Waals surface area contributed by atoms with E-state index >= 15 is 0 Å². The summed E-state index contributed by atoms with van der Waals surface area (Å²) in [6.45, 7) is 1.80. The monoisotopic (exact) mass is 264 g/mol. The molecule has 11 heavy (non-hydrogen) atoms. The molecule has 0 amide bonds. The lowest BCUT2D eigenvalue weighted by Crippen LogP contribution is -3.34. The van der Waals surface area contributed by atoms with Crippen molar-refractivity contribution in [2.75, 3.05) is 0 Å². The predicted molar refractivity (Wildman–Crippen MR) is 37.3 cm³/mol. The molecule has 0 aliphatic heterocycles. The van der Waals surface area contributed by atoms with Crippen LogP contribution in [0, 0.1) is 10.5 Å². The minimum absolute atomic E-state index is 0.191. The molecular formula is C7H7INO2+. The van der Waals surface area contributed by atoms with Gasteiger partial charge in [0.15, 0.2) is 6.29 Å². The third-order valence-corrected chi connectivity index (χ3v) is 2.56. The van der Waals surface area contributed by atoms with Gasteiger partial charge in [0.05, 0.1) is 11.3 Å². The number of H-pyrrole nitrogens is 1. The number of aromatic amines is 1. The van der Waals surface area contributed by atoms with Gasteiger partial charge in [0.2, 0.25) is 3.57 Å². The number of aldehydes is 1. The molecule has 0 atom stereocenters. The fourth-order valence-corrected chi connectivity index (χ4v) is 1.21. The lowest BCUT2D eigenvalue weighted by atomic mass is 10.3. The Morgan fingerprint density at radius 2 is 2.27 bits per heavy atom. The van der Waals surface area contributed by atoms with Crippen molar-refractivity contribution >= 4 is 6.29 Å². The van der Waals surface area contributed by atoms with E-state index in [0.29, 0.717) is 6.29 Å². The smallest absolute Gasteiger partial charge is 0.298 e. The zero-order chi connectivity index (χ0) is 8.43. The van der Waals surface area contributed by atoms with Crippen LogP contribution in [0.5, 0.6) is 0 Å². The third-order valence-electron chi connectivity index (χ3n) is 1.35. The SMILES string of the molecule is Cc1[nH]c(=O)c(C=O)cc1[IH+]. The zero-order valence-electron chi connectivity index (χ0n) is 5.88. The fraction of sp³-hybridized carbons (Fsp3) is 0.143. The van der Waals surface area contributed by atoms with E-state index in [1.807, 2.05) is 0 Å². The highest BCUT2D eigenvalue weighted by Gasteiger charge is 2.06. The Balaban J connectivity index is 3.44. The van der Waals surface area contributed by atoms with Crippen molar-refractivity contribution in [1.82, 2.24) is 4.98 Å². The van der Waals surface area contributed by atoms with E-state index in [-0.39, 0.29) is 11.1 Å². The number of rotatable bonds is 1. The maximum atomic E-state index is 10.9. The van der Waals surface area contributed by atoms with Crippen molar-refractivity contribution in [3.05, 3.63) is 31.2 Å². The largest absolute Gasteiger partial charge is 0.322 e. The van der Waals surface area contributed by atoms with Gasteiger partial charge in [-0.3, -0.25) is 9.59 Å². The van der Waals surface area contributed by atoms with Crippen molar-refractivity contribution in [2.24, 2.45) is 0 Å². The Bertz CT molecular complexity index is 343. The Kier molecular flexibility index (Phi) is 2.43. The first-order valence-electron chi connectivity index (χ1n) is 3.01. The maximum absolute atomic E-state index is 10.9. The van der Waals surface area contributed by atoms with E-state index in [4.69, 9.17) is 0 Å². The number of hydrogen-bond donors (Lipinski definition) is 1. The van der Waals surface area contributed by atoms with Gasteiger partial charge in [-0.15, -0.1) is 0 Å². The van der Waals surface area contributed by atoms with Crippen LogP contribution in [0.3, 0.4) is 0 Å². The van der Waals surface area contributed by atoms with E-state index in [1.54, 1.807) is 35.6 Å². The van der Waals surface area contributed by atoms with E-state index < -0.39 is 0 Å². The summed E-state index contributed by atoms with van der Waals surface area (Å²) in [7, 11) is 0. The molecule has 1 aromatic heterocycles. The van der Waals surface area contributed by atoms with Crippen LogP contribution in [0.1, 0.15) is 16.1 Å². The van der Waals surface area contributed by atoms with Crippen LogP contribution in [0.4, 0.5) is 0 Å². The van der Waals surface area contributed by atoms with E-state index in [0.717, 1.165) is 9.26 Å². The first-order valence-corrected chi connectivity index (χ1v) is 4.18. The van der Waals surface area contributed by atoms with Crippen LogP contribution in [0.2, 0.25) is 0 Å². The molecule has 3 nitrogen and oxygen atoms in total. The molecule has 0 aliphatic rings. The van der Waals surface area contributed by atoms with Gasteiger partial charge in [-0.05, 0) is 6.92 Å². The first kappa shape index (κ1) is 8.45. The van der Waals surface area contributed by atoms with Crippen LogP contribution in [-0.4, -0.2) is 11.3 Å². The lowest BCUT2D eigenvalue weighted by molar-refractivity contribution is -0.330. The normalized spacial score (nSPS) is 9.64. The van der Waals surface area contributed by atoms with Crippen LogP contribution < -0.4 is 28.2 Å². The molecule has 1 N–H and O–H groups in total. The number of hydrogen-bond acceptors (Lipinski definition) is 2. The van der Waals surface area contributed by atoms with E-state index in [1.165, 1.54) is 0 Å². The second-order valence-corrected chi connectivity index (χ2v) is 3.42. The molecular weight excluding hydrogens is 257 g/mol. The Hall–Kier alpha value is -0.650. The van der Waals surface area contributed by atoms with Crippen LogP contribution in [0.15, 0.2) is 10.9 Å². The average molecular weight is 264 g/mol. The van der Waals surface area contributed by atoms with Crippen molar-refractivity contribution < 1.29 is 27.4 Å². The van der Waals surface area contributed by atoms with Crippen molar-refractivity contribution in [2.45, 2.75) is 6.92 Å². The minimum atomic E-state index is -0.315. The maximum Gasteiger partial charge on any atom is 0.298 e. The van der Waals surface area contributed by atoms with Gasteiger partial charge in [-0.2, -0.15) is 0 Å². The molecule has 0 bridgehead atoms. The average Bonchev–Trinajstić information content (AvgIpc) is 1.97. The molecule has 58 valence electrons. The molecule has 0 saturated heterocycles. The predicted octanol–water partition coefficient (Wildman–Crippen LogP) is -3.05. The van der Waals surface area contributed by atoms with Gasteiger partial charge in [0.1, 0.15) is 0 Å². The topological polar surface area (TPSA) is 49.9 Å². The summed E-state index contributed by atoms with van der Waals surface area (Å²) in [5.74, 6) is 0. The standard InChI is InChI=1S/C7H6INO2/c1-4-6(8)2-5(3-10)7(11)9-4/h2-3,8H,1H3/p+1. The fourth-order valence-electron chi connectivity index (χ4n) is 0.707. The highest BCUT2D eigenvalue weighted by molar-refractivity contribution is 5.73. The second kappa shape index (κ2) is 3.17. The summed E-state index contributed by atoms with van der Waals surface area (Å²) in [4.78, 5) is 23.8. The molecule has 1 heterocycles. The van der Waals surface area contributed by atoms with Crippen LogP contribution in [-0.2, 0) is 0 Å². The molecule has 0 saturated carbocycles. The van der Waals surface area contributed by atoms with E-state index in [9.17, 15) is 9.59 Å². The number of halogens is 1. The number of aromatic nitrogens is 1. The number of pyridine rings is 1. The summed E-state index contributed by atoms with van der Waals surface area (Å²) in [5, 5.41) is 0. The number of carbonyl (C=O) groups excluding carboxylic acids is 1. The summed E-state index contributed by atoms with van der Waals surface area (Å²) in [5.41, 5.74) is 0.686. The molecule has 1 aromatic rings. The summed E-state index contributed by atoms with van der Waals surface area (Å²) in [6.07, 6.45) is 0.562. The summed E-state index contributed by atoms with van der Waals surface area (Å²) >= 11 is 1.77. The summed E-state index contributed by atoms with van der Waals surface area (Å²) in [6, 6.07) is 1.59. The zero-order valence-corrected chi connectivity index (χ0v) is 8.21. The first-order chi connectivity index (χ1) is 5.15. The Labute approximate surface area is 77.0 Å². The third kappa shape index (κ3) is 1.68. The number of aryl methyl sites for hydroxylation is 1. The lowest BCUT2D eigenvalue weighted by Gasteiger charge is -1.91. The Morgan fingerprint density at radius 3 is 2.82 bits per heavy atom. The van der Waals surface area contributed by atoms with Crippen LogP contribution in [0.25, 0.3) is 0 Å². The van der Waals surface area contributed by atoms with Gasteiger partial charge in [0, 0.05) is 6.07 Å². The van der Waals surface area contributed by atoms with Gasteiger partial charge in [-0.25, -0.2) is 0 Å². The molecule has 0 spiro atoms. The molecule has 0 radical (unpaired) electrons. The van der Waals surface area contributed by atoms with Gasteiger partial charge < -0.3 is 4.98 Å². The summed E-state index contributed by atoms with van der Waals surface area (Å²) < 4.78 is 0.933. The molecule has 4 heteroatoms. The van der Waals surface area contributed by atoms with E-state index in [2.05, 4.69) is 4.98 Å². The minimum Gasteiger partial charge on any atom is -0.322 e. The quantitative estimate of drug-likeness (QED) is 0.433. The Morgan fingerprint density at radius 1 is 1.64 bits per heavy atom. The highest BCUT2D eigenvalue weighted by atomic mass is 127. The molecule has 0 aliphatic carbocycles. The molecule has 0 unspecified atom stereocenters. The molecule has 1 rings (SSSR count). The highest BCUT2D eigenvalue weighted by Crippen LogP contribution is 1.89. The van der Waals surface area contributed by atoms with Gasteiger partial charge in [-0.1, -0.05) is 0 Å². The van der Waals surface area contributed by atoms with Crippen molar-refractivity contribution in [3.63, 3.8) is 0 Å².